The smallest absolute Gasteiger partial charge is 0.251 e. The molecule has 0 aliphatic rings. The van der Waals surface area contributed by atoms with Crippen molar-refractivity contribution in [3.05, 3.63) is 27.9 Å². The summed E-state index contributed by atoms with van der Waals surface area (Å²) < 4.78 is 5.36. The molecular weight excluding hydrogens is 216 g/mol. The zero-order chi connectivity index (χ0) is 12.8. The Morgan fingerprint density at radius 3 is 2.71 bits per heavy atom. The van der Waals surface area contributed by atoms with Crippen molar-refractivity contribution in [3.63, 3.8) is 0 Å². The highest BCUT2D eigenvalue weighted by molar-refractivity contribution is 5.05. The summed E-state index contributed by atoms with van der Waals surface area (Å²) in [6.07, 6.45) is 2.57. The van der Waals surface area contributed by atoms with E-state index in [0.29, 0.717) is 11.7 Å². The Morgan fingerprint density at radius 2 is 2.18 bits per heavy atom. The van der Waals surface area contributed by atoms with Gasteiger partial charge in [-0.25, -0.2) is 4.98 Å². The van der Waals surface area contributed by atoms with Crippen molar-refractivity contribution in [2.45, 2.75) is 46.1 Å². The van der Waals surface area contributed by atoms with Crippen molar-refractivity contribution in [1.29, 1.82) is 0 Å². The summed E-state index contributed by atoms with van der Waals surface area (Å²) >= 11 is 0. The lowest BCUT2D eigenvalue weighted by Gasteiger charge is -2.14. The van der Waals surface area contributed by atoms with Crippen LogP contribution in [0.3, 0.4) is 0 Å². The van der Waals surface area contributed by atoms with E-state index in [-0.39, 0.29) is 11.7 Å². The van der Waals surface area contributed by atoms with E-state index in [1.165, 1.54) is 0 Å². The first kappa shape index (κ1) is 13.9. The van der Waals surface area contributed by atoms with Crippen molar-refractivity contribution < 1.29 is 4.74 Å². The molecule has 1 aromatic rings. The number of aromatic nitrogens is 2. The number of nitrogens with one attached hydrogen (secondary N) is 1. The second-order valence-electron chi connectivity index (χ2n) is 4.73. The quantitative estimate of drug-likeness (QED) is 0.828. The van der Waals surface area contributed by atoms with Crippen LogP contribution in [0.2, 0.25) is 0 Å². The molecule has 0 aromatic carbocycles. The molecule has 0 saturated carbocycles. The molecule has 0 aliphatic carbocycles. The van der Waals surface area contributed by atoms with Crippen molar-refractivity contribution in [2.75, 3.05) is 7.11 Å². The van der Waals surface area contributed by atoms with Crippen molar-refractivity contribution in [1.82, 2.24) is 9.97 Å². The van der Waals surface area contributed by atoms with Crippen LogP contribution in [0, 0.1) is 5.92 Å². The maximum Gasteiger partial charge on any atom is 0.251 e. The van der Waals surface area contributed by atoms with E-state index in [2.05, 4.69) is 30.7 Å². The number of rotatable bonds is 6. The summed E-state index contributed by atoms with van der Waals surface area (Å²) in [4.78, 5) is 18.8. The summed E-state index contributed by atoms with van der Waals surface area (Å²) in [5.41, 5.74) is 0.751. The molecule has 0 saturated heterocycles. The molecule has 4 heteroatoms. The Kier molecular flexibility index (Phi) is 5.35. The van der Waals surface area contributed by atoms with Crippen LogP contribution in [0.4, 0.5) is 0 Å². The second-order valence-corrected chi connectivity index (χ2v) is 4.73. The molecule has 4 nitrogen and oxygen atoms in total. The normalized spacial score (nSPS) is 13.0. The molecule has 1 unspecified atom stereocenters. The van der Waals surface area contributed by atoms with Crippen molar-refractivity contribution >= 4 is 0 Å². The first-order valence-electron chi connectivity index (χ1n) is 6.19. The first-order chi connectivity index (χ1) is 8.06. The minimum atomic E-state index is -0.111. The van der Waals surface area contributed by atoms with Gasteiger partial charge in [0.2, 0.25) is 0 Å². The molecule has 0 spiro atoms. The van der Waals surface area contributed by atoms with Gasteiger partial charge in [0, 0.05) is 18.9 Å². The summed E-state index contributed by atoms with van der Waals surface area (Å²) in [5.74, 6) is 1.14. The number of hydrogen-bond donors (Lipinski definition) is 1. The molecule has 0 aliphatic heterocycles. The topological polar surface area (TPSA) is 55.0 Å². The van der Waals surface area contributed by atoms with E-state index in [1.807, 2.05) is 0 Å². The van der Waals surface area contributed by atoms with Gasteiger partial charge in [-0.1, -0.05) is 27.2 Å². The minimum absolute atomic E-state index is 0.0937. The molecule has 1 N–H and O–H groups in total. The van der Waals surface area contributed by atoms with Gasteiger partial charge < -0.3 is 9.72 Å². The van der Waals surface area contributed by atoms with Crippen LogP contribution in [0.1, 0.15) is 51.2 Å². The van der Waals surface area contributed by atoms with Gasteiger partial charge in [0.1, 0.15) is 11.9 Å². The average Bonchev–Trinajstić information content (AvgIpc) is 2.23. The molecular formula is C13H22N2O2. The predicted octanol–water partition coefficient (Wildman–Crippen LogP) is 2.46. The minimum Gasteiger partial charge on any atom is -0.374 e. The lowest BCUT2D eigenvalue weighted by molar-refractivity contribution is 0.0871. The molecule has 0 bridgehead atoms. The number of methoxy groups -OCH3 is 1. The van der Waals surface area contributed by atoms with Crippen LogP contribution < -0.4 is 5.56 Å². The standard InChI is InChI=1S/C13H22N2O2/c1-5-6-11(17-4)13-14-10(7-9(2)3)8-12(16)15-13/h8-9,11H,5-7H2,1-4H3,(H,14,15,16). The average molecular weight is 238 g/mol. The predicted molar refractivity (Wildman–Crippen MR) is 68.1 cm³/mol. The van der Waals surface area contributed by atoms with E-state index < -0.39 is 0 Å². The zero-order valence-corrected chi connectivity index (χ0v) is 11.1. The summed E-state index contributed by atoms with van der Waals surface area (Å²) in [6.45, 7) is 6.31. The molecule has 1 heterocycles. The SMILES string of the molecule is CCCC(OC)c1nc(CC(C)C)cc(=O)[nH]1. The van der Waals surface area contributed by atoms with Crippen LogP contribution in [-0.2, 0) is 11.2 Å². The number of nitrogens with zero attached hydrogens (tertiary/aromatic N) is 1. The largest absolute Gasteiger partial charge is 0.374 e. The molecule has 0 radical (unpaired) electrons. The number of aromatic amines is 1. The molecule has 1 rings (SSSR count). The maximum atomic E-state index is 11.6. The van der Waals surface area contributed by atoms with Gasteiger partial charge in [0.25, 0.3) is 5.56 Å². The Labute approximate surface area is 102 Å². The van der Waals surface area contributed by atoms with E-state index in [9.17, 15) is 4.79 Å². The highest BCUT2D eigenvalue weighted by atomic mass is 16.5. The van der Waals surface area contributed by atoms with Gasteiger partial charge in [0.15, 0.2) is 0 Å². The fraction of sp³-hybridized carbons (Fsp3) is 0.692. The number of hydrogen-bond acceptors (Lipinski definition) is 3. The van der Waals surface area contributed by atoms with Crippen LogP contribution in [0.5, 0.6) is 0 Å². The number of ether oxygens (including phenoxy) is 1. The fourth-order valence-corrected chi connectivity index (χ4v) is 1.83. The molecule has 96 valence electrons. The van der Waals surface area contributed by atoms with Gasteiger partial charge in [-0.2, -0.15) is 0 Å². The van der Waals surface area contributed by atoms with Gasteiger partial charge in [-0.15, -0.1) is 0 Å². The molecule has 0 fully saturated rings. The maximum absolute atomic E-state index is 11.6. The second kappa shape index (κ2) is 6.55. The molecule has 1 atom stereocenters. The summed E-state index contributed by atoms with van der Waals surface area (Å²) in [6, 6.07) is 1.57. The monoisotopic (exact) mass is 238 g/mol. The molecule has 0 amide bonds. The fourth-order valence-electron chi connectivity index (χ4n) is 1.83. The van der Waals surface area contributed by atoms with Crippen molar-refractivity contribution in [3.8, 4) is 0 Å². The van der Waals surface area contributed by atoms with Crippen LogP contribution in [0.15, 0.2) is 10.9 Å². The third-order valence-electron chi connectivity index (χ3n) is 2.57. The zero-order valence-electron chi connectivity index (χ0n) is 11.1. The Morgan fingerprint density at radius 1 is 1.47 bits per heavy atom. The lowest BCUT2D eigenvalue weighted by Crippen LogP contribution is -2.17. The van der Waals surface area contributed by atoms with Crippen LogP contribution in [0.25, 0.3) is 0 Å². The van der Waals surface area contributed by atoms with Crippen LogP contribution in [-0.4, -0.2) is 17.1 Å². The van der Waals surface area contributed by atoms with E-state index in [0.717, 1.165) is 25.0 Å². The molecule has 17 heavy (non-hydrogen) atoms. The Bertz CT molecular complexity index is 399. The van der Waals surface area contributed by atoms with Crippen molar-refractivity contribution in [2.24, 2.45) is 5.92 Å². The van der Waals surface area contributed by atoms with Gasteiger partial charge in [-0.3, -0.25) is 4.79 Å². The molecule has 1 aromatic heterocycles. The van der Waals surface area contributed by atoms with E-state index in [4.69, 9.17) is 4.74 Å². The third kappa shape index (κ3) is 4.30. The number of H-pyrrole nitrogens is 1. The van der Waals surface area contributed by atoms with Gasteiger partial charge in [0.05, 0.1) is 0 Å². The Balaban J connectivity index is 2.98. The van der Waals surface area contributed by atoms with Crippen LogP contribution >= 0.6 is 0 Å². The highest BCUT2D eigenvalue weighted by Gasteiger charge is 2.13. The lowest BCUT2D eigenvalue weighted by atomic mass is 10.1. The summed E-state index contributed by atoms with van der Waals surface area (Å²) in [7, 11) is 1.65. The van der Waals surface area contributed by atoms with E-state index >= 15 is 0 Å². The van der Waals surface area contributed by atoms with Gasteiger partial charge in [-0.05, 0) is 18.8 Å². The third-order valence-corrected chi connectivity index (χ3v) is 2.57. The Hall–Kier alpha value is -1.16. The van der Waals surface area contributed by atoms with Gasteiger partial charge >= 0.3 is 0 Å². The highest BCUT2D eigenvalue weighted by Crippen LogP contribution is 2.17. The summed E-state index contributed by atoms with van der Waals surface area (Å²) in [5, 5.41) is 0. The first-order valence-corrected chi connectivity index (χ1v) is 6.19. The van der Waals surface area contributed by atoms with E-state index in [1.54, 1.807) is 13.2 Å².